The predicted octanol–water partition coefficient (Wildman–Crippen LogP) is 0.868. The zero-order chi connectivity index (χ0) is 9.26. The van der Waals surface area contributed by atoms with E-state index in [0.29, 0.717) is 12.1 Å². The normalized spacial score (nSPS) is 10.5. The highest BCUT2D eigenvalue weighted by molar-refractivity contribution is 5.82. The van der Waals surface area contributed by atoms with Crippen molar-refractivity contribution in [2.45, 2.75) is 6.61 Å². The zero-order valence-electron chi connectivity index (χ0n) is 6.82. The van der Waals surface area contributed by atoms with E-state index in [0.717, 1.165) is 16.6 Å². The van der Waals surface area contributed by atoms with E-state index in [-0.39, 0.29) is 6.61 Å². The van der Waals surface area contributed by atoms with Gasteiger partial charge in [-0.05, 0) is 17.7 Å². The van der Waals surface area contributed by atoms with Crippen LogP contribution in [0.25, 0.3) is 11.0 Å². The molecule has 0 spiro atoms. The van der Waals surface area contributed by atoms with Crippen LogP contribution in [0.5, 0.6) is 0 Å². The van der Waals surface area contributed by atoms with Gasteiger partial charge in [-0.1, -0.05) is 6.07 Å². The van der Waals surface area contributed by atoms with E-state index in [1.807, 2.05) is 0 Å². The largest absolute Gasteiger partial charge is 0.392 e. The predicted molar refractivity (Wildman–Crippen MR) is 47.4 cm³/mol. The molecule has 0 aliphatic rings. The first-order valence-corrected chi connectivity index (χ1v) is 3.88. The first kappa shape index (κ1) is 7.94. The smallest absolute Gasteiger partial charge is 0.185 e. The van der Waals surface area contributed by atoms with E-state index in [9.17, 15) is 4.79 Å². The van der Waals surface area contributed by atoms with Gasteiger partial charge in [0.15, 0.2) is 12.1 Å². The Balaban J connectivity index is 2.63. The molecule has 0 aliphatic carbocycles. The number of carbonyl (C=O) groups is 1. The Bertz CT molecular complexity index is 448. The number of imidazole rings is 1. The second-order valence-electron chi connectivity index (χ2n) is 2.75. The first-order chi connectivity index (χ1) is 6.33. The molecule has 13 heavy (non-hydrogen) atoms. The number of nitrogens with one attached hydrogen (secondary N) is 1. The molecular formula is C9H8N2O2. The number of aliphatic hydroxyl groups is 1. The number of H-pyrrole nitrogens is 1. The minimum absolute atomic E-state index is 0.00855. The van der Waals surface area contributed by atoms with Crippen LogP contribution in [-0.2, 0) is 6.61 Å². The van der Waals surface area contributed by atoms with Crippen LogP contribution in [0.1, 0.15) is 16.2 Å². The summed E-state index contributed by atoms with van der Waals surface area (Å²) in [6.07, 6.45) is 0.665. The molecule has 0 saturated heterocycles. The van der Waals surface area contributed by atoms with Gasteiger partial charge in [0.25, 0.3) is 0 Å². The van der Waals surface area contributed by atoms with Crippen LogP contribution < -0.4 is 0 Å². The number of aromatic nitrogens is 2. The number of rotatable bonds is 2. The van der Waals surface area contributed by atoms with Gasteiger partial charge in [0, 0.05) is 0 Å². The van der Waals surface area contributed by atoms with Gasteiger partial charge in [-0.15, -0.1) is 0 Å². The van der Waals surface area contributed by atoms with Gasteiger partial charge >= 0.3 is 0 Å². The molecule has 1 aromatic carbocycles. The third kappa shape index (κ3) is 1.31. The number of aromatic amines is 1. The monoisotopic (exact) mass is 176 g/mol. The molecule has 0 fully saturated rings. The van der Waals surface area contributed by atoms with Crippen LogP contribution in [0.2, 0.25) is 0 Å². The lowest BCUT2D eigenvalue weighted by Gasteiger charge is -1.93. The van der Waals surface area contributed by atoms with Crippen molar-refractivity contribution in [3.63, 3.8) is 0 Å². The molecule has 0 amide bonds. The van der Waals surface area contributed by atoms with Crippen molar-refractivity contribution in [1.29, 1.82) is 0 Å². The molecule has 0 saturated carbocycles. The van der Waals surface area contributed by atoms with Gasteiger partial charge in [-0.25, -0.2) is 4.98 Å². The molecule has 4 heteroatoms. The van der Waals surface area contributed by atoms with Crippen molar-refractivity contribution in [3.8, 4) is 0 Å². The summed E-state index contributed by atoms with van der Waals surface area (Å²) in [4.78, 5) is 17.2. The second kappa shape index (κ2) is 2.99. The lowest BCUT2D eigenvalue weighted by atomic mass is 10.2. The summed E-state index contributed by atoms with van der Waals surface area (Å²) in [5.74, 6) is 0.310. The van der Waals surface area contributed by atoms with Crippen molar-refractivity contribution in [2.75, 3.05) is 0 Å². The average molecular weight is 176 g/mol. The molecule has 0 unspecified atom stereocenters. The highest BCUT2D eigenvalue weighted by Gasteiger charge is 2.01. The average Bonchev–Trinajstić information content (AvgIpc) is 2.58. The fourth-order valence-electron chi connectivity index (χ4n) is 1.23. The molecule has 2 N–H and O–H groups in total. The molecule has 1 aromatic heterocycles. The topological polar surface area (TPSA) is 66.0 Å². The quantitative estimate of drug-likeness (QED) is 0.667. The lowest BCUT2D eigenvalue weighted by molar-refractivity contribution is 0.111. The van der Waals surface area contributed by atoms with Crippen molar-refractivity contribution >= 4 is 17.3 Å². The van der Waals surface area contributed by atoms with Gasteiger partial charge in [0.05, 0.1) is 17.6 Å². The van der Waals surface area contributed by atoms with Gasteiger partial charge in [0.2, 0.25) is 0 Å². The summed E-state index contributed by atoms with van der Waals surface area (Å²) in [5.41, 5.74) is 2.31. The molecular weight excluding hydrogens is 168 g/mol. The molecule has 0 atom stereocenters. The van der Waals surface area contributed by atoms with Gasteiger partial charge in [0.1, 0.15) is 0 Å². The van der Waals surface area contributed by atoms with Crippen molar-refractivity contribution in [2.24, 2.45) is 0 Å². The second-order valence-corrected chi connectivity index (χ2v) is 2.75. The Kier molecular flexibility index (Phi) is 1.83. The van der Waals surface area contributed by atoms with E-state index in [2.05, 4.69) is 9.97 Å². The lowest BCUT2D eigenvalue weighted by Crippen LogP contribution is -1.81. The molecule has 0 aliphatic heterocycles. The summed E-state index contributed by atoms with van der Waals surface area (Å²) in [7, 11) is 0. The standard InChI is InChI=1S/C9H8N2O2/c12-4-6-1-2-7-8(3-6)11-9(5-13)10-7/h1-3,5,12H,4H2,(H,10,11). The van der Waals surface area contributed by atoms with Gasteiger partial charge in [-0.3, -0.25) is 4.79 Å². The molecule has 0 radical (unpaired) electrons. The number of carbonyl (C=O) groups excluding carboxylic acids is 1. The van der Waals surface area contributed by atoms with Gasteiger partial charge < -0.3 is 10.1 Å². The number of hydrogen-bond donors (Lipinski definition) is 2. The maximum Gasteiger partial charge on any atom is 0.185 e. The van der Waals surface area contributed by atoms with Crippen LogP contribution in [0.3, 0.4) is 0 Å². The molecule has 4 nitrogen and oxygen atoms in total. The van der Waals surface area contributed by atoms with Crippen LogP contribution in [0, 0.1) is 0 Å². The Hall–Kier alpha value is -1.68. The van der Waals surface area contributed by atoms with Crippen molar-refractivity contribution in [1.82, 2.24) is 9.97 Å². The molecule has 0 bridgehead atoms. The number of benzene rings is 1. The molecule has 66 valence electrons. The van der Waals surface area contributed by atoms with Crippen molar-refractivity contribution < 1.29 is 9.90 Å². The van der Waals surface area contributed by atoms with E-state index >= 15 is 0 Å². The van der Waals surface area contributed by atoms with Crippen LogP contribution in [0.4, 0.5) is 0 Å². The van der Waals surface area contributed by atoms with E-state index in [4.69, 9.17) is 5.11 Å². The number of fused-ring (bicyclic) bond motifs is 1. The number of nitrogens with zero attached hydrogens (tertiary/aromatic N) is 1. The minimum Gasteiger partial charge on any atom is -0.392 e. The summed E-state index contributed by atoms with van der Waals surface area (Å²) in [6.45, 7) is -0.00855. The minimum atomic E-state index is -0.00855. The van der Waals surface area contributed by atoms with E-state index in [1.165, 1.54) is 0 Å². The van der Waals surface area contributed by atoms with Crippen LogP contribution >= 0.6 is 0 Å². The number of hydrogen-bond acceptors (Lipinski definition) is 3. The Morgan fingerprint density at radius 2 is 2.38 bits per heavy atom. The Labute approximate surface area is 74.2 Å². The first-order valence-electron chi connectivity index (χ1n) is 3.88. The van der Waals surface area contributed by atoms with Gasteiger partial charge in [-0.2, -0.15) is 0 Å². The van der Waals surface area contributed by atoms with Crippen LogP contribution in [0.15, 0.2) is 18.2 Å². The third-order valence-corrected chi connectivity index (χ3v) is 1.86. The highest BCUT2D eigenvalue weighted by Crippen LogP contribution is 2.12. The number of aldehydes is 1. The summed E-state index contributed by atoms with van der Waals surface area (Å²) in [6, 6.07) is 5.32. The highest BCUT2D eigenvalue weighted by atomic mass is 16.3. The number of aliphatic hydroxyl groups excluding tert-OH is 1. The maximum atomic E-state index is 10.4. The Morgan fingerprint density at radius 1 is 1.54 bits per heavy atom. The third-order valence-electron chi connectivity index (χ3n) is 1.86. The zero-order valence-corrected chi connectivity index (χ0v) is 6.82. The maximum absolute atomic E-state index is 10.4. The molecule has 1 heterocycles. The van der Waals surface area contributed by atoms with Crippen molar-refractivity contribution in [3.05, 3.63) is 29.6 Å². The van der Waals surface area contributed by atoms with E-state index < -0.39 is 0 Å². The fourth-order valence-corrected chi connectivity index (χ4v) is 1.23. The van der Waals surface area contributed by atoms with Crippen LogP contribution in [-0.4, -0.2) is 21.4 Å². The summed E-state index contributed by atoms with van der Waals surface area (Å²) < 4.78 is 0. The molecule has 2 aromatic rings. The summed E-state index contributed by atoms with van der Waals surface area (Å²) >= 11 is 0. The van der Waals surface area contributed by atoms with E-state index in [1.54, 1.807) is 18.2 Å². The summed E-state index contributed by atoms with van der Waals surface area (Å²) in [5, 5.41) is 8.86. The fraction of sp³-hybridized carbons (Fsp3) is 0.111. The Morgan fingerprint density at radius 3 is 3.08 bits per heavy atom. The molecule has 2 rings (SSSR count). The SMILES string of the molecule is O=Cc1nc2ccc(CO)cc2[nH]1.